The summed E-state index contributed by atoms with van der Waals surface area (Å²) in [5.41, 5.74) is 2.80. The van der Waals surface area contributed by atoms with Gasteiger partial charge in [-0.2, -0.15) is 4.80 Å². The Morgan fingerprint density at radius 3 is 2.52 bits per heavy atom. The minimum absolute atomic E-state index is 0.497. The third kappa shape index (κ3) is 4.45. The summed E-state index contributed by atoms with van der Waals surface area (Å²) in [6.07, 6.45) is 3.51. The number of anilines is 2. The second-order valence-corrected chi connectivity index (χ2v) is 7.23. The van der Waals surface area contributed by atoms with E-state index in [2.05, 4.69) is 25.7 Å². The number of hydrogen-bond donors (Lipinski definition) is 1. The van der Waals surface area contributed by atoms with Crippen LogP contribution in [0, 0.1) is 0 Å². The van der Waals surface area contributed by atoms with Crippen molar-refractivity contribution in [2.24, 2.45) is 0 Å². The Balaban J connectivity index is 1.56. The Bertz CT molecular complexity index is 1080. The average molecular weight is 388 g/mol. The van der Waals surface area contributed by atoms with Crippen LogP contribution in [-0.4, -0.2) is 25.2 Å². The van der Waals surface area contributed by atoms with Gasteiger partial charge in [-0.05, 0) is 60.5 Å². The largest absolute Gasteiger partial charge is 0.355 e. The molecule has 0 saturated heterocycles. The van der Waals surface area contributed by atoms with Crippen LogP contribution in [0.15, 0.2) is 73.1 Å². The molecule has 0 amide bonds. The predicted octanol–water partition coefficient (Wildman–Crippen LogP) is 4.73. The van der Waals surface area contributed by atoms with Crippen LogP contribution in [0.25, 0.3) is 11.4 Å². The second-order valence-electron chi connectivity index (χ2n) is 7.23. The summed E-state index contributed by atoms with van der Waals surface area (Å²) in [6.45, 7) is 3.59. The van der Waals surface area contributed by atoms with Crippen LogP contribution in [0.3, 0.4) is 0 Å². The van der Waals surface area contributed by atoms with Gasteiger partial charge in [-0.25, -0.2) is 4.39 Å². The summed E-state index contributed by atoms with van der Waals surface area (Å²) in [5.74, 6) is 0.526. The fourth-order valence-corrected chi connectivity index (χ4v) is 2.97. The summed E-state index contributed by atoms with van der Waals surface area (Å²) in [4.78, 5) is 5.65. The molecule has 0 radical (unpaired) electrons. The van der Waals surface area contributed by atoms with Gasteiger partial charge in [-0.1, -0.05) is 30.3 Å². The average Bonchev–Trinajstić information content (AvgIpc) is 3.17. The zero-order valence-electron chi connectivity index (χ0n) is 16.2. The lowest BCUT2D eigenvalue weighted by atomic mass is 10.00. The van der Waals surface area contributed by atoms with Crippen LogP contribution in [0.1, 0.15) is 25.0 Å². The highest BCUT2D eigenvalue weighted by Gasteiger charge is 2.18. The van der Waals surface area contributed by atoms with Crippen molar-refractivity contribution >= 4 is 11.4 Å². The highest BCUT2D eigenvalue weighted by atomic mass is 19.1. The van der Waals surface area contributed by atoms with Crippen molar-refractivity contribution < 1.29 is 4.39 Å². The normalized spacial score (nSPS) is 11.4. The van der Waals surface area contributed by atoms with E-state index in [-0.39, 0.29) is 0 Å². The molecule has 0 saturated carbocycles. The van der Waals surface area contributed by atoms with E-state index in [1.54, 1.807) is 43.2 Å². The predicted molar refractivity (Wildman–Crippen MR) is 110 cm³/mol. The van der Waals surface area contributed by atoms with E-state index in [1.165, 1.54) is 0 Å². The van der Waals surface area contributed by atoms with Gasteiger partial charge in [0.2, 0.25) is 5.82 Å². The number of pyridine rings is 1. The molecule has 29 heavy (non-hydrogen) atoms. The first-order chi connectivity index (χ1) is 14.0. The third-order valence-electron chi connectivity index (χ3n) is 4.52. The molecule has 2 aromatic carbocycles. The Morgan fingerprint density at radius 1 is 1.00 bits per heavy atom. The van der Waals surface area contributed by atoms with E-state index in [4.69, 9.17) is 0 Å². The molecule has 146 valence electrons. The van der Waals surface area contributed by atoms with Crippen molar-refractivity contribution in [2.45, 2.75) is 26.1 Å². The second kappa shape index (κ2) is 7.79. The van der Waals surface area contributed by atoms with Crippen LogP contribution in [-0.2, 0) is 12.2 Å². The van der Waals surface area contributed by atoms with Crippen molar-refractivity contribution in [1.82, 2.24) is 25.2 Å². The van der Waals surface area contributed by atoms with E-state index in [9.17, 15) is 4.39 Å². The van der Waals surface area contributed by atoms with Gasteiger partial charge in [0.15, 0.2) is 0 Å². The lowest BCUT2D eigenvalue weighted by Gasteiger charge is -2.16. The molecule has 2 aromatic heterocycles. The summed E-state index contributed by atoms with van der Waals surface area (Å²) >= 11 is 0. The first-order valence-electron chi connectivity index (χ1n) is 9.32. The van der Waals surface area contributed by atoms with Gasteiger partial charge in [-0.15, -0.1) is 10.2 Å². The number of halogens is 1. The van der Waals surface area contributed by atoms with Crippen LogP contribution >= 0.6 is 0 Å². The van der Waals surface area contributed by atoms with Crippen LogP contribution < -0.4 is 5.32 Å². The van der Waals surface area contributed by atoms with Gasteiger partial charge in [0, 0.05) is 29.3 Å². The lowest BCUT2D eigenvalue weighted by Crippen LogP contribution is -2.08. The Labute approximate surface area is 168 Å². The van der Waals surface area contributed by atoms with E-state index >= 15 is 0 Å². The number of nitrogens with zero attached hydrogens (tertiary/aromatic N) is 5. The summed E-state index contributed by atoms with van der Waals surface area (Å²) in [7, 11) is 0. The third-order valence-corrected chi connectivity index (χ3v) is 4.52. The number of alkyl halides is 1. The number of aromatic nitrogens is 5. The van der Waals surface area contributed by atoms with Crippen molar-refractivity contribution in [1.29, 1.82) is 0 Å². The molecule has 0 aliphatic carbocycles. The number of nitrogens with one attached hydrogen (secondary N) is 1. The lowest BCUT2D eigenvalue weighted by molar-refractivity contribution is 0.221. The highest BCUT2D eigenvalue weighted by Crippen LogP contribution is 2.30. The monoisotopic (exact) mass is 388 g/mol. The molecule has 0 atom stereocenters. The molecule has 7 heteroatoms. The van der Waals surface area contributed by atoms with Crippen molar-refractivity contribution in [3.8, 4) is 11.4 Å². The molecule has 0 unspecified atom stereocenters. The standard InChI is InChI=1S/C22H21FN6/c1-22(2,23)17-9-11-18(12-10-17)25-20-8-4-3-7-19(20)21-26-28-29(27-21)15-16-6-5-13-24-14-16/h3-14,25H,15H2,1-2H3. The molecular weight excluding hydrogens is 367 g/mol. The SMILES string of the molecule is CC(C)(F)c1ccc(Nc2ccccc2-c2nnn(Cc3cccnc3)n2)cc1. The van der Waals surface area contributed by atoms with Gasteiger partial charge in [0.25, 0.3) is 0 Å². The number of para-hydroxylation sites is 1. The fourth-order valence-electron chi connectivity index (χ4n) is 2.97. The minimum Gasteiger partial charge on any atom is -0.355 e. The van der Waals surface area contributed by atoms with E-state index in [0.717, 1.165) is 22.5 Å². The minimum atomic E-state index is -1.37. The van der Waals surface area contributed by atoms with E-state index in [1.807, 2.05) is 48.5 Å². The van der Waals surface area contributed by atoms with Crippen LogP contribution in [0.4, 0.5) is 15.8 Å². The smallest absolute Gasteiger partial charge is 0.207 e. The summed E-state index contributed by atoms with van der Waals surface area (Å²) in [5, 5.41) is 16.2. The molecule has 0 spiro atoms. The molecule has 6 nitrogen and oxygen atoms in total. The Morgan fingerprint density at radius 2 is 1.79 bits per heavy atom. The molecule has 4 aromatic rings. The fraction of sp³-hybridized carbons (Fsp3) is 0.182. The number of rotatable bonds is 6. The molecule has 2 heterocycles. The van der Waals surface area contributed by atoms with E-state index in [0.29, 0.717) is 17.9 Å². The zero-order chi connectivity index (χ0) is 20.3. The highest BCUT2D eigenvalue weighted by molar-refractivity contribution is 5.77. The molecule has 1 N–H and O–H groups in total. The van der Waals surface area contributed by atoms with Gasteiger partial charge in [0.05, 0.1) is 6.54 Å². The van der Waals surface area contributed by atoms with Gasteiger partial charge in [-0.3, -0.25) is 4.98 Å². The van der Waals surface area contributed by atoms with Gasteiger partial charge < -0.3 is 5.32 Å². The molecule has 0 aliphatic heterocycles. The Kier molecular flexibility index (Phi) is 5.03. The molecule has 4 rings (SSSR count). The zero-order valence-corrected chi connectivity index (χ0v) is 16.2. The van der Waals surface area contributed by atoms with Gasteiger partial charge in [0.1, 0.15) is 5.67 Å². The number of hydrogen-bond acceptors (Lipinski definition) is 5. The summed E-state index contributed by atoms with van der Waals surface area (Å²) < 4.78 is 14.1. The first kappa shape index (κ1) is 18.7. The molecule has 0 bridgehead atoms. The number of tetrazole rings is 1. The van der Waals surface area contributed by atoms with Crippen molar-refractivity contribution in [3.63, 3.8) is 0 Å². The Hall–Kier alpha value is -3.61. The van der Waals surface area contributed by atoms with Crippen LogP contribution in [0.2, 0.25) is 0 Å². The maximum Gasteiger partial charge on any atom is 0.207 e. The first-order valence-corrected chi connectivity index (χ1v) is 9.32. The topological polar surface area (TPSA) is 68.5 Å². The van der Waals surface area contributed by atoms with Crippen LogP contribution in [0.5, 0.6) is 0 Å². The van der Waals surface area contributed by atoms with Crippen molar-refractivity contribution in [3.05, 3.63) is 84.2 Å². The quantitative estimate of drug-likeness (QED) is 0.517. The maximum absolute atomic E-state index is 14.1. The van der Waals surface area contributed by atoms with Crippen molar-refractivity contribution in [2.75, 3.05) is 5.32 Å². The van der Waals surface area contributed by atoms with Gasteiger partial charge >= 0.3 is 0 Å². The molecule has 0 fully saturated rings. The molecule has 0 aliphatic rings. The van der Waals surface area contributed by atoms with E-state index < -0.39 is 5.67 Å². The summed E-state index contributed by atoms with van der Waals surface area (Å²) in [6, 6.07) is 18.9. The molecular formula is C22H21FN6. The maximum atomic E-state index is 14.1. The number of benzene rings is 2.